The van der Waals surface area contributed by atoms with Gasteiger partial charge in [0, 0.05) is 23.4 Å². The summed E-state index contributed by atoms with van der Waals surface area (Å²) < 4.78 is 10.1. The van der Waals surface area contributed by atoms with E-state index < -0.39 is 84.1 Å². The van der Waals surface area contributed by atoms with E-state index in [0.29, 0.717) is 12.8 Å². The third-order valence-corrected chi connectivity index (χ3v) is 8.32. The minimum atomic E-state index is -1.88. The van der Waals surface area contributed by atoms with Crippen LogP contribution in [0, 0.1) is 11.8 Å². The SMILES string of the molecule is CC/C=C/C(OC(N)=O)C(Cl)C(O)CC(=O)C(O)C(O)C(C)/C(Cl)=C/C=C/C=C(C)/C=C/C=C/C(=O)O[C@H]1CC[C@H](C(=O)O)C[C@H]1O. The molecule has 0 aromatic heterocycles. The summed E-state index contributed by atoms with van der Waals surface area (Å²) in [5, 5.41) is 49.3. The Morgan fingerprint density at radius 1 is 1.02 bits per heavy atom. The van der Waals surface area contributed by atoms with Crippen LogP contribution in [-0.4, -0.2) is 91.3 Å². The minimum absolute atomic E-state index is 0.0343. The second-order valence-corrected chi connectivity index (χ2v) is 12.0. The number of Topliss-reactive ketones (excluding diaryl/α,β-unsaturated/α-hetero) is 1. The molecule has 262 valence electrons. The molecular formula is C33H45Cl2NO11. The number of aliphatic hydroxyl groups excluding tert-OH is 4. The first-order valence-corrected chi connectivity index (χ1v) is 15.9. The van der Waals surface area contributed by atoms with Crippen LogP contribution in [0.1, 0.15) is 52.9 Å². The molecule has 0 spiro atoms. The zero-order valence-corrected chi connectivity index (χ0v) is 28.0. The average Bonchev–Trinajstić information content (AvgIpc) is 3.02. The summed E-state index contributed by atoms with van der Waals surface area (Å²) in [4.78, 5) is 46.8. The molecule has 1 rings (SSSR count). The van der Waals surface area contributed by atoms with Crippen molar-refractivity contribution in [2.45, 2.75) is 94.9 Å². The Kier molecular flexibility index (Phi) is 19.2. The van der Waals surface area contributed by atoms with E-state index >= 15 is 0 Å². The smallest absolute Gasteiger partial charge is 0.405 e. The number of esters is 1. The molecule has 1 fully saturated rings. The Labute approximate surface area is 284 Å². The molecule has 7 N–H and O–H groups in total. The highest BCUT2D eigenvalue weighted by Gasteiger charge is 2.36. The van der Waals surface area contributed by atoms with E-state index in [1.807, 2.05) is 6.92 Å². The molecule has 14 heteroatoms. The summed E-state index contributed by atoms with van der Waals surface area (Å²) >= 11 is 12.5. The lowest BCUT2D eigenvalue weighted by atomic mass is 9.85. The molecule has 1 aliphatic carbocycles. The molecule has 0 aromatic carbocycles. The van der Waals surface area contributed by atoms with Gasteiger partial charge >= 0.3 is 18.0 Å². The van der Waals surface area contributed by atoms with Gasteiger partial charge in [0.05, 0.1) is 24.2 Å². The summed E-state index contributed by atoms with van der Waals surface area (Å²) in [5.41, 5.74) is 5.84. The fourth-order valence-electron chi connectivity index (χ4n) is 4.47. The van der Waals surface area contributed by atoms with Crippen molar-refractivity contribution >= 4 is 47.0 Å². The highest BCUT2D eigenvalue weighted by Crippen LogP contribution is 2.27. The normalized spacial score (nSPS) is 23.5. The van der Waals surface area contributed by atoms with Crippen LogP contribution in [0.4, 0.5) is 4.79 Å². The van der Waals surface area contributed by atoms with Crippen molar-refractivity contribution in [2.75, 3.05) is 0 Å². The Morgan fingerprint density at radius 2 is 1.66 bits per heavy atom. The number of amides is 1. The number of rotatable bonds is 18. The van der Waals surface area contributed by atoms with Crippen molar-refractivity contribution in [1.82, 2.24) is 0 Å². The molecular weight excluding hydrogens is 657 g/mol. The number of hydrogen-bond donors (Lipinski definition) is 6. The maximum atomic E-state index is 12.6. The maximum Gasteiger partial charge on any atom is 0.405 e. The van der Waals surface area contributed by atoms with Crippen molar-refractivity contribution in [3.8, 4) is 0 Å². The molecule has 6 unspecified atom stereocenters. The molecule has 0 radical (unpaired) electrons. The van der Waals surface area contributed by atoms with E-state index in [1.54, 1.807) is 43.4 Å². The van der Waals surface area contributed by atoms with Crippen LogP contribution in [-0.2, 0) is 23.9 Å². The van der Waals surface area contributed by atoms with Gasteiger partial charge in [0.15, 0.2) is 5.78 Å². The molecule has 0 aromatic rings. The van der Waals surface area contributed by atoms with Gasteiger partial charge in [0.1, 0.15) is 23.7 Å². The van der Waals surface area contributed by atoms with Crippen LogP contribution in [0.3, 0.4) is 0 Å². The number of carboxylic acid groups (broad SMARTS) is 1. The van der Waals surface area contributed by atoms with Crippen LogP contribution < -0.4 is 5.73 Å². The fourth-order valence-corrected chi connectivity index (χ4v) is 4.90. The Morgan fingerprint density at radius 3 is 2.26 bits per heavy atom. The molecule has 1 aliphatic rings. The molecule has 1 saturated carbocycles. The molecule has 0 bridgehead atoms. The van der Waals surface area contributed by atoms with E-state index in [4.69, 9.17) is 43.5 Å². The highest BCUT2D eigenvalue weighted by atomic mass is 35.5. The van der Waals surface area contributed by atoms with Crippen LogP contribution in [0.2, 0.25) is 0 Å². The average molecular weight is 703 g/mol. The van der Waals surface area contributed by atoms with Crippen LogP contribution >= 0.6 is 23.2 Å². The van der Waals surface area contributed by atoms with Gasteiger partial charge in [-0.15, -0.1) is 11.6 Å². The zero-order valence-electron chi connectivity index (χ0n) is 26.5. The number of ether oxygens (including phenoxy) is 2. The number of halogens is 2. The second-order valence-electron chi connectivity index (χ2n) is 11.1. The number of alkyl halides is 1. The number of carbonyl (C=O) groups excluding carboxylic acids is 3. The molecule has 0 saturated heterocycles. The van der Waals surface area contributed by atoms with Gasteiger partial charge in [-0.3, -0.25) is 9.59 Å². The first-order chi connectivity index (χ1) is 22.1. The summed E-state index contributed by atoms with van der Waals surface area (Å²) in [6.07, 6.45) is 7.05. The lowest BCUT2D eigenvalue weighted by molar-refractivity contribution is -0.157. The number of allylic oxidation sites excluding steroid dienone is 9. The lowest BCUT2D eigenvalue weighted by Crippen LogP contribution is -2.43. The number of aliphatic carboxylic acids is 1. The van der Waals surface area contributed by atoms with Crippen molar-refractivity contribution in [3.05, 3.63) is 71.4 Å². The number of primary amides is 1. The molecule has 12 nitrogen and oxygen atoms in total. The molecule has 0 aliphatic heterocycles. The van der Waals surface area contributed by atoms with Gasteiger partial charge < -0.3 is 40.7 Å². The Balaban J connectivity index is 2.63. The first-order valence-electron chi connectivity index (χ1n) is 15.1. The number of ketones is 1. The fraction of sp³-hybridized carbons (Fsp3) is 0.515. The monoisotopic (exact) mass is 701 g/mol. The van der Waals surface area contributed by atoms with Crippen molar-refractivity contribution in [1.29, 1.82) is 0 Å². The Bertz CT molecular complexity index is 1240. The van der Waals surface area contributed by atoms with Crippen molar-refractivity contribution in [3.63, 3.8) is 0 Å². The van der Waals surface area contributed by atoms with Gasteiger partial charge in [0.25, 0.3) is 0 Å². The summed E-state index contributed by atoms with van der Waals surface area (Å²) in [6.45, 7) is 5.12. The number of carboxylic acids is 1. The molecule has 9 atom stereocenters. The summed E-state index contributed by atoms with van der Waals surface area (Å²) in [7, 11) is 0. The summed E-state index contributed by atoms with van der Waals surface area (Å²) in [5.74, 6) is -4.03. The quantitative estimate of drug-likeness (QED) is 0.0399. The van der Waals surface area contributed by atoms with Crippen LogP contribution in [0.5, 0.6) is 0 Å². The minimum Gasteiger partial charge on any atom is -0.481 e. The Hall–Kier alpha value is -3.26. The van der Waals surface area contributed by atoms with E-state index in [1.165, 1.54) is 31.2 Å². The lowest BCUT2D eigenvalue weighted by Gasteiger charge is -2.30. The van der Waals surface area contributed by atoms with Gasteiger partial charge in [0.2, 0.25) is 0 Å². The standard InChI is InChI=1S/C33H45Cl2NO11/c1-4-5-13-27(47-33(36)45)29(35)24(38)18-25(39)31(42)30(41)20(3)22(34)12-8-6-10-19(2)11-7-9-14-28(40)46-26-16-15-21(32(43)44)17-23(26)37/h5-14,20-21,23-24,26-27,29-31,37-38,41-42H,4,15-18H2,1-3H3,(H2,36,45)(H,43,44)/b8-6+,11-7+,13-5+,14-9+,19-10+,22-12-/t20?,21-,23+,24?,26-,27?,29?,30?,31?/m0/s1. The van der Waals surface area contributed by atoms with Crippen molar-refractivity contribution < 1.29 is 54.2 Å². The molecule has 0 heterocycles. The van der Waals surface area contributed by atoms with E-state index in [2.05, 4.69) is 0 Å². The van der Waals surface area contributed by atoms with Gasteiger partial charge in [-0.2, -0.15) is 0 Å². The van der Waals surface area contributed by atoms with Gasteiger partial charge in [-0.25, -0.2) is 9.59 Å². The maximum absolute atomic E-state index is 12.6. The number of aliphatic hydroxyl groups is 4. The summed E-state index contributed by atoms with van der Waals surface area (Å²) in [6, 6.07) is 0. The molecule has 47 heavy (non-hydrogen) atoms. The first kappa shape index (κ1) is 41.8. The van der Waals surface area contributed by atoms with E-state index in [0.717, 1.165) is 5.57 Å². The van der Waals surface area contributed by atoms with Crippen LogP contribution in [0.25, 0.3) is 0 Å². The number of carbonyl (C=O) groups is 4. The van der Waals surface area contributed by atoms with Gasteiger partial charge in [-0.1, -0.05) is 73.6 Å². The second kappa shape index (κ2) is 21.6. The third-order valence-electron chi connectivity index (χ3n) is 7.31. The zero-order chi connectivity index (χ0) is 35.7. The predicted octanol–water partition coefficient (Wildman–Crippen LogP) is 3.60. The number of nitrogens with two attached hydrogens (primary N) is 1. The van der Waals surface area contributed by atoms with Gasteiger partial charge in [-0.05, 0) is 44.8 Å². The van der Waals surface area contributed by atoms with Crippen LogP contribution in [0.15, 0.2) is 71.4 Å². The van der Waals surface area contributed by atoms with E-state index in [-0.39, 0.29) is 17.9 Å². The number of hydrogen-bond acceptors (Lipinski definition) is 10. The predicted molar refractivity (Wildman–Crippen MR) is 176 cm³/mol. The topological polar surface area (TPSA) is 214 Å². The largest absolute Gasteiger partial charge is 0.481 e. The molecule has 1 amide bonds. The van der Waals surface area contributed by atoms with E-state index in [9.17, 15) is 39.6 Å². The highest BCUT2D eigenvalue weighted by molar-refractivity contribution is 6.30. The van der Waals surface area contributed by atoms with Crippen molar-refractivity contribution in [2.24, 2.45) is 17.6 Å². The third kappa shape index (κ3) is 15.5.